The Kier molecular flexibility index (Phi) is 6.92. The van der Waals surface area contributed by atoms with E-state index in [0.29, 0.717) is 56.9 Å². The monoisotopic (exact) mass is 550 g/mol. The molecule has 6 aromatic rings. The Balaban J connectivity index is 1.13. The van der Waals surface area contributed by atoms with Crippen LogP contribution in [0.3, 0.4) is 0 Å². The standard InChI is InChI=1S/C32H26N10/c33-25-5-1-3-23-29(17-15-27(35)31(23)25)41-39-21-11-7-19(8-12-21)37-38-20-9-13-22(14-10-20)40-42-30-18-16-28(36)32-24(30)4-2-6-26(32)34/h1-18H,33-36H2/b38-37+,41-39?,42-40?. The molecular formula is C32H26N10. The number of hydrogen-bond donors (Lipinski definition) is 4. The smallest absolute Gasteiger partial charge is 0.0937 e. The molecule has 204 valence electrons. The van der Waals surface area contributed by atoms with Gasteiger partial charge in [-0.25, -0.2) is 0 Å². The minimum atomic E-state index is 0.605. The maximum Gasteiger partial charge on any atom is 0.0937 e. The van der Waals surface area contributed by atoms with E-state index in [0.717, 1.165) is 21.5 Å². The van der Waals surface area contributed by atoms with Crippen molar-refractivity contribution in [3.63, 3.8) is 0 Å². The summed E-state index contributed by atoms with van der Waals surface area (Å²) in [5, 5.41) is 29.4. The quantitative estimate of drug-likeness (QED) is 0.119. The van der Waals surface area contributed by atoms with Crippen LogP contribution in [0.25, 0.3) is 21.5 Å². The second-order valence-corrected chi connectivity index (χ2v) is 9.52. The van der Waals surface area contributed by atoms with Gasteiger partial charge in [0, 0.05) is 44.3 Å². The largest absolute Gasteiger partial charge is 0.398 e. The van der Waals surface area contributed by atoms with E-state index in [1.807, 2.05) is 97.1 Å². The number of fused-ring (bicyclic) bond motifs is 2. The summed E-state index contributed by atoms with van der Waals surface area (Å²) >= 11 is 0. The summed E-state index contributed by atoms with van der Waals surface area (Å²) in [4.78, 5) is 0. The van der Waals surface area contributed by atoms with Gasteiger partial charge >= 0.3 is 0 Å². The third-order valence-corrected chi connectivity index (χ3v) is 6.69. The van der Waals surface area contributed by atoms with Crippen molar-refractivity contribution in [2.75, 3.05) is 22.9 Å². The van der Waals surface area contributed by atoms with Crippen LogP contribution in [-0.2, 0) is 0 Å². The van der Waals surface area contributed by atoms with Gasteiger partial charge in [0.05, 0.1) is 34.1 Å². The minimum Gasteiger partial charge on any atom is -0.398 e. The van der Waals surface area contributed by atoms with Gasteiger partial charge in [-0.2, -0.15) is 20.5 Å². The van der Waals surface area contributed by atoms with Gasteiger partial charge in [0.15, 0.2) is 0 Å². The van der Waals surface area contributed by atoms with E-state index < -0.39 is 0 Å². The highest BCUT2D eigenvalue weighted by atomic mass is 15.1. The summed E-state index contributed by atoms with van der Waals surface area (Å²) in [5.74, 6) is 0. The van der Waals surface area contributed by atoms with Gasteiger partial charge < -0.3 is 22.9 Å². The molecule has 0 unspecified atom stereocenters. The average Bonchev–Trinajstić information content (AvgIpc) is 3.00. The predicted molar refractivity (Wildman–Crippen MR) is 171 cm³/mol. The highest BCUT2D eigenvalue weighted by molar-refractivity contribution is 6.07. The van der Waals surface area contributed by atoms with E-state index >= 15 is 0 Å². The molecule has 42 heavy (non-hydrogen) atoms. The Morgan fingerprint density at radius 3 is 0.976 bits per heavy atom. The third-order valence-electron chi connectivity index (χ3n) is 6.69. The summed E-state index contributed by atoms with van der Waals surface area (Å²) in [5.41, 5.74) is 30.9. The molecular weight excluding hydrogens is 524 g/mol. The molecule has 0 saturated heterocycles. The van der Waals surface area contributed by atoms with Crippen molar-refractivity contribution in [3.05, 3.63) is 109 Å². The zero-order chi connectivity index (χ0) is 29.1. The zero-order valence-electron chi connectivity index (χ0n) is 22.4. The Hall–Kier alpha value is -6.16. The topological polar surface area (TPSA) is 178 Å². The first-order chi connectivity index (χ1) is 20.5. The van der Waals surface area contributed by atoms with E-state index in [4.69, 9.17) is 22.9 Å². The maximum atomic E-state index is 6.10. The first-order valence-electron chi connectivity index (χ1n) is 13.0. The number of nitrogen functional groups attached to an aromatic ring is 4. The highest BCUT2D eigenvalue weighted by Crippen LogP contribution is 2.36. The lowest BCUT2D eigenvalue weighted by Gasteiger charge is -2.07. The molecule has 6 aromatic carbocycles. The number of nitrogens with zero attached hydrogens (tertiary/aromatic N) is 6. The molecule has 0 spiro atoms. The second-order valence-electron chi connectivity index (χ2n) is 9.52. The van der Waals surface area contributed by atoms with Crippen LogP contribution in [0.2, 0.25) is 0 Å². The second kappa shape index (κ2) is 11.1. The van der Waals surface area contributed by atoms with Gasteiger partial charge in [-0.3, -0.25) is 0 Å². The van der Waals surface area contributed by atoms with Gasteiger partial charge in [0.2, 0.25) is 0 Å². The van der Waals surface area contributed by atoms with Gasteiger partial charge in [0.25, 0.3) is 0 Å². The summed E-state index contributed by atoms with van der Waals surface area (Å²) in [7, 11) is 0. The van der Waals surface area contributed by atoms with Crippen molar-refractivity contribution in [2.45, 2.75) is 0 Å². The van der Waals surface area contributed by atoms with Crippen LogP contribution in [0, 0.1) is 0 Å². The van der Waals surface area contributed by atoms with Crippen LogP contribution in [0.5, 0.6) is 0 Å². The molecule has 0 aliphatic rings. The van der Waals surface area contributed by atoms with Gasteiger partial charge in [0.1, 0.15) is 0 Å². The first-order valence-corrected chi connectivity index (χ1v) is 13.0. The zero-order valence-corrected chi connectivity index (χ0v) is 22.4. The van der Waals surface area contributed by atoms with Gasteiger partial charge in [-0.15, -0.1) is 10.2 Å². The third kappa shape index (κ3) is 5.32. The van der Waals surface area contributed by atoms with Crippen molar-refractivity contribution < 1.29 is 0 Å². The molecule has 8 N–H and O–H groups in total. The molecule has 10 nitrogen and oxygen atoms in total. The fourth-order valence-electron chi connectivity index (χ4n) is 4.58. The van der Waals surface area contributed by atoms with Crippen molar-refractivity contribution >= 4 is 78.4 Å². The Morgan fingerprint density at radius 1 is 0.310 bits per heavy atom. The molecule has 0 bridgehead atoms. The average molecular weight is 551 g/mol. The fourth-order valence-corrected chi connectivity index (χ4v) is 4.58. The van der Waals surface area contributed by atoms with E-state index in [1.54, 1.807) is 12.1 Å². The van der Waals surface area contributed by atoms with Crippen molar-refractivity contribution in [1.29, 1.82) is 0 Å². The van der Waals surface area contributed by atoms with E-state index in [9.17, 15) is 0 Å². The molecule has 0 aliphatic carbocycles. The Labute approximate surface area is 241 Å². The fraction of sp³-hybridized carbons (Fsp3) is 0. The van der Waals surface area contributed by atoms with Crippen LogP contribution >= 0.6 is 0 Å². The van der Waals surface area contributed by atoms with E-state index in [-0.39, 0.29) is 0 Å². The highest BCUT2D eigenvalue weighted by Gasteiger charge is 2.08. The van der Waals surface area contributed by atoms with Crippen LogP contribution < -0.4 is 22.9 Å². The lowest BCUT2D eigenvalue weighted by molar-refractivity contribution is 1.21. The van der Waals surface area contributed by atoms with Crippen molar-refractivity contribution in [1.82, 2.24) is 0 Å². The van der Waals surface area contributed by atoms with Crippen molar-refractivity contribution in [3.8, 4) is 0 Å². The number of benzene rings is 6. The van der Waals surface area contributed by atoms with E-state index in [1.165, 1.54) is 0 Å². The molecule has 0 amide bonds. The molecule has 0 heterocycles. The van der Waals surface area contributed by atoms with Crippen LogP contribution in [0.15, 0.2) is 140 Å². The number of rotatable bonds is 6. The molecule has 0 fully saturated rings. The first kappa shape index (κ1) is 26.1. The molecule has 10 heteroatoms. The normalized spacial score (nSPS) is 11.9. The van der Waals surface area contributed by atoms with Crippen LogP contribution in [0.4, 0.5) is 56.9 Å². The number of nitrogens with two attached hydrogens (primary N) is 4. The van der Waals surface area contributed by atoms with E-state index in [2.05, 4.69) is 30.7 Å². The SMILES string of the molecule is Nc1cccc2c(N=Nc3ccc(/N=N/c4ccc(N=Nc5ccc(N)c6c(N)cccc56)cc4)cc3)ccc(N)c12. The van der Waals surface area contributed by atoms with Crippen LogP contribution in [-0.4, -0.2) is 0 Å². The Morgan fingerprint density at radius 2 is 0.619 bits per heavy atom. The summed E-state index contributed by atoms with van der Waals surface area (Å²) in [6.45, 7) is 0. The summed E-state index contributed by atoms with van der Waals surface area (Å²) in [6, 6.07) is 33.0. The maximum absolute atomic E-state index is 6.10. The number of anilines is 4. The molecule has 0 radical (unpaired) electrons. The molecule has 0 atom stereocenters. The summed E-state index contributed by atoms with van der Waals surface area (Å²) < 4.78 is 0. The molecule has 0 saturated carbocycles. The minimum absolute atomic E-state index is 0.605. The van der Waals surface area contributed by atoms with Crippen molar-refractivity contribution in [2.24, 2.45) is 30.7 Å². The number of azo groups is 3. The van der Waals surface area contributed by atoms with Gasteiger partial charge in [-0.05, 0) is 84.9 Å². The number of hydrogen-bond acceptors (Lipinski definition) is 10. The van der Waals surface area contributed by atoms with Crippen LogP contribution in [0.1, 0.15) is 0 Å². The predicted octanol–water partition coefficient (Wildman–Crippen LogP) is 9.57. The Bertz CT molecular complexity index is 1850. The molecule has 6 rings (SSSR count). The molecule has 0 aliphatic heterocycles. The lowest BCUT2D eigenvalue weighted by atomic mass is 10.1. The summed E-state index contributed by atoms with van der Waals surface area (Å²) in [6.07, 6.45) is 0. The molecule has 0 aromatic heterocycles. The lowest BCUT2D eigenvalue weighted by Crippen LogP contribution is -1.92. The van der Waals surface area contributed by atoms with Gasteiger partial charge in [-0.1, -0.05) is 24.3 Å².